The SMILES string of the molecule is c1ccc(-c2ccc3oc4c(-c5cccc(-c6cccc(-c7ccccn7)n6)c5)c5oc6ccc(-c7ccccc7)cc6c5cc4c3c2)cc1. The molecule has 50 heavy (non-hydrogen) atoms. The molecule has 4 nitrogen and oxygen atoms in total. The van der Waals surface area contributed by atoms with Crippen molar-refractivity contribution < 1.29 is 8.83 Å². The second-order valence-electron chi connectivity index (χ2n) is 12.6. The number of furan rings is 2. The molecule has 0 N–H and O–H groups in total. The summed E-state index contributed by atoms with van der Waals surface area (Å²) >= 11 is 0. The van der Waals surface area contributed by atoms with Crippen LogP contribution in [0.3, 0.4) is 0 Å². The van der Waals surface area contributed by atoms with E-state index in [1.165, 1.54) is 11.1 Å². The van der Waals surface area contributed by atoms with E-state index in [-0.39, 0.29) is 0 Å². The standard InChI is InChI=1S/C46H28N2O2/c1-3-11-29(12-4-1)31-20-22-42-35(26-31)37-28-38-36-27-32(30-13-5-2-6-14-30)21-23-43(36)50-46(38)44(45(37)49-42)34-16-9-15-33(25-34)39-18-10-19-41(48-39)40-17-7-8-24-47-40/h1-28H. The van der Waals surface area contributed by atoms with E-state index in [4.69, 9.17) is 13.8 Å². The third-order valence-corrected chi connectivity index (χ3v) is 9.53. The Morgan fingerprint density at radius 3 is 1.50 bits per heavy atom. The van der Waals surface area contributed by atoms with E-state index < -0.39 is 0 Å². The van der Waals surface area contributed by atoms with E-state index in [1.54, 1.807) is 6.20 Å². The molecule has 0 aliphatic carbocycles. The van der Waals surface area contributed by atoms with Crippen molar-refractivity contribution in [3.05, 3.63) is 170 Å². The topological polar surface area (TPSA) is 52.1 Å². The van der Waals surface area contributed by atoms with Gasteiger partial charge in [0.15, 0.2) is 0 Å². The lowest BCUT2D eigenvalue weighted by molar-refractivity contribution is 0.658. The van der Waals surface area contributed by atoms with Gasteiger partial charge in [-0.3, -0.25) is 4.98 Å². The summed E-state index contributed by atoms with van der Waals surface area (Å²) in [6.45, 7) is 0. The molecule has 0 saturated heterocycles. The molecule has 0 unspecified atom stereocenters. The Kier molecular flexibility index (Phi) is 6.46. The van der Waals surface area contributed by atoms with Gasteiger partial charge in [-0.25, -0.2) is 4.98 Å². The summed E-state index contributed by atoms with van der Waals surface area (Å²) < 4.78 is 13.5. The van der Waals surface area contributed by atoms with E-state index in [2.05, 4.69) is 120 Å². The Bertz CT molecular complexity index is 2720. The molecule has 0 amide bonds. The summed E-state index contributed by atoms with van der Waals surface area (Å²) in [5.74, 6) is 0. The molecule has 0 spiro atoms. The summed E-state index contributed by atoms with van der Waals surface area (Å²) in [5.41, 5.74) is 13.3. The maximum Gasteiger partial charge on any atom is 0.147 e. The van der Waals surface area contributed by atoms with Crippen LogP contribution in [0.15, 0.2) is 179 Å². The van der Waals surface area contributed by atoms with Crippen molar-refractivity contribution in [1.29, 1.82) is 0 Å². The predicted octanol–water partition coefficient (Wildman–Crippen LogP) is 12.6. The minimum absolute atomic E-state index is 0.799. The van der Waals surface area contributed by atoms with Gasteiger partial charge in [-0.2, -0.15) is 0 Å². The number of hydrogen-bond donors (Lipinski definition) is 0. The van der Waals surface area contributed by atoms with Crippen molar-refractivity contribution in [3.8, 4) is 56.0 Å². The minimum Gasteiger partial charge on any atom is -0.455 e. The molecule has 234 valence electrons. The fourth-order valence-corrected chi connectivity index (χ4v) is 7.11. The lowest BCUT2D eigenvalue weighted by atomic mass is 9.95. The first-order chi connectivity index (χ1) is 24.8. The van der Waals surface area contributed by atoms with Crippen molar-refractivity contribution in [2.75, 3.05) is 0 Å². The maximum absolute atomic E-state index is 6.76. The van der Waals surface area contributed by atoms with Gasteiger partial charge < -0.3 is 8.83 Å². The quantitative estimate of drug-likeness (QED) is 0.188. The fourth-order valence-electron chi connectivity index (χ4n) is 7.11. The summed E-state index contributed by atoms with van der Waals surface area (Å²) in [7, 11) is 0. The van der Waals surface area contributed by atoms with Crippen LogP contribution in [0.2, 0.25) is 0 Å². The zero-order valence-electron chi connectivity index (χ0n) is 26.9. The predicted molar refractivity (Wildman–Crippen MR) is 204 cm³/mol. The van der Waals surface area contributed by atoms with Gasteiger partial charge in [-0.05, 0) is 88.5 Å². The van der Waals surface area contributed by atoms with Crippen LogP contribution in [0.1, 0.15) is 0 Å². The Balaban J connectivity index is 1.23. The average molecular weight is 641 g/mol. The maximum atomic E-state index is 6.76. The molecule has 4 aromatic heterocycles. The van der Waals surface area contributed by atoms with Gasteiger partial charge in [0.1, 0.15) is 22.3 Å². The van der Waals surface area contributed by atoms with Crippen molar-refractivity contribution in [2.24, 2.45) is 0 Å². The number of nitrogens with zero attached hydrogens (tertiary/aromatic N) is 2. The number of fused-ring (bicyclic) bond motifs is 6. The molecule has 0 atom stereocenters. The summed E-state index contributed by atoms with van der Waals surface area (Å²) in [6, 6.07) is 56.6. The van der Waals surface area contributed by atoms with E-state index in [0.717, 1.165) is 88.8 Å². The average Bonchev–Trinajstić information content (AvgIpc) is 3.75. The highest BCUT2D eigenvalue weighted by Crippen LogP contribution is 2.46. The number of pyridine rings is 2. The van der Waals surface area contributed by atoms with E-state index in [1.807, 2.05) is 48.5 Å². The molecule has 4 heterocycles. The van der Waals surface area contributed by atoms with Crippen LogP contribution >= 0.6 is 0 Å². The zero-order chi connectivity index (χ0) is 33.0. The first-order valence-electron chi connectivity index (χ1n) is 16.7. The molecule has 6 aromatic carbocycles. The van der Waals surface area contributed by atoms with Gasteiger partial charge in [0.2, 0.25) is 0 Å². The summed E-state index contributed by atoms with van der Waals surface area (Å²) in [6.07, 6.45) is 1.79. The number of aromatic nitrogens is 2. The minimum atomic E-state index is 0.799. The van der Waals surface area contributed by atoms with Gasteiger partial charge in [0, 0.05) is 33.3 Å². The van der Waals surface area contributed by atoms with Gasteiger partial charge in [-0.1, -0.05) is 103 Å². The van der Waals surface area contributed by atoms with Crippen LogP contribution in [-0.4, -0.2) is 9.97 Å². The highest BCUT2D eigenvalue weighted by Gasteiger charge is 2.22. The molecule has 0 fully saturated rings. The first kappa shape index (κ1) is 28.3. The molecule has 0 bridgehead atoms. The van der Waals surface area contributed by atoms with Gasteiger partial charge in [0.25, 0.3) is 0 Å². The van der Waals surface area contributed by atoms with Crippen molar-refractivity contribution in [1.82, 2.24) is 9.97 Å². The molecule has 10 rings (SSSR count). The molecule has 0 saturated carbocycles. The van der Waals surface area contributed by atoms with Crippen LogP contribution in [0.4, 0.5) is 0 Å². The second kappa shape index (κ2) is 11.4. The Hall–Kier alpha value is -6.78. The monoisotopic (exact) mass is 640 g/mol. The normalized spacial score (nSPS) is 11.6. The van der Waals surface area contributed by atoms with Crippen LogP contribution < -0.4 is 0 Å². The highest BCUT2D eigenvalue weighted by atomic mass is 16.3. The van der Waals surface area contributed by atoms with E-state index in [9.17, 15) is 0 Å². The largest absolute Gasteiger partial charge is 0.455 e. The van der Waals surface area contributed by atoms with Crippen LogP contribution in [0, 0.1) is 0 Å². The van der Waals surface area contributed by atoms with E-state index >= 15 is 0 Å². The van der Waals surface area contributed by atoms with Crippen molar-refractivity contribution in [3.63, 3.8) is 0 Å². The van der Waals surface area contributed by atoms with Gasteiger partial charge >= 0.3 is 0 Å². The third-order valence-electron chi connectivity index (χ3n) is 9.53. The third kappa shape index (κ3) is 4.69. The molecule has 10 aromatic rings. The van der Waals surface area contributed by atoms with Crippen molar-refractivity contribution in [2.45, 2.75) is 0 Å². The van der Waals surface area contributed by atoms with Gasteiger partial charge in [-0.15, -0.1) is 0 Å². The molecular formula is C46H28N2O2. The second-order valence-corrected chi connectivity index (χ2v) is 12.6. The molecule has 0 aliphatic heterocycles. The first-order valence-corrected chi connectivity index (χ1v) is 16.7. The number of rotatable bonds is 5. The van der Waals surface area contributed by atoms with E-state index in [0.29, 0.717) is 0 Å². The fraction of sp³-hybridized carbons (Fsp3) is 0. The van der Waals surface area contributed by atoms with Gasteiger partial charge in [0.05, 0.1) is 22.6 Å². The zero-order valence-corrected chi connectivity index (χ0v) is 26.9. The van der Waals surface area contributed by atoms with Crippen LogP contribution in [0.25, 0.3) is 99.9 Å². The highest BCUT2D eigenvalue weighted by molar-refractivity contribution is 6.22. The summed E-state index contributed by atoms with van der Waals surface area (Å²) in [4.78, 5) is 9.53. The Morgan fingerprint density at radius 1 is 0.340 bits per heavy atom. The van der Waals surface area contributed by atoms with Crippen molar-refractivity contribution >= 4 is 43.9 Å². The Morgan fingerprint density at radius 2 is 0.880 bits per heavy atom. The number of benzene rings is 6. The molecule has 0 aliphatic rings. The summed E-state index contributed by atoms with van der Waals surface area (Å²) in [5, 5.41) is 4.24. The molecular weight excluding hydrogens is 613 g/mol. The lowest BCUT2D eigenvalue weighted by Gasteiger charge is -2.09. The lowest BCUT2D eigenvalue weighted by Crippen LogP contribution is -1.90. The smallest absolute Gasteiger partial charge is 0.147 e. The van der Waals surface area contributed by atoms with Crippen LogP contribution in [-0.2, 0) is 0 Å². The van der Waals surface area contributed by atoms with Crippen LogP contribution in [0.5, 0.6) is 0 Å². The molecule has 0 radical (unpaired) electrons. The molecule has 4 heteroatoms. The Labute approximate surface area is 287 Å². The number of hydrogen-bond acceptors (Lipinski definition) is 4.